The molecule has 1 aromatic rings. The van der Waals surface area contributed by atoms with Crippen LogP contribution in [0, 0.1) is 5.82 Å². The Morgan fingerprint density at radius 3 is 2.84 bits per heavy atom. The van der Waals surface area contributed by atoms with E-state index in [0.717, 1.165) is 37.2 Å². The summed E-state index contributed by atoms with van der Waals surface area (Å²) in [7, 11) is 2.15. The van der Waals surface area contributed by atoms with Crippen LogP contribution in [-0.4, -0.2) is 42.5 Å². The van der Waals surface area contributed by atoms with Crippen molar-refractivity contribution in [2.24, 2.45) is 5.73 Å². The monoisotopic (exact) mass is 265 g/mol. The fraction of sp³-hybridized carbons (Fsp3) is 0.600. The van der Waals surface area contributed by atoms with Crippen molar-refractivity contribution in [2.75, 3.05) is 26.7 Å². The number of halogens is 1. The summed E-state index contributed by atoms with van der Waals surface area (Å²) in [6.45, 7) is 6.49. The summed E-state index contributed by atoms with van der Waals surface area (Å²) in [4.78, 5) is 4.71. The van der Waals surface area contributed by atoms with Crippen LogP contribution in [0.1, 0.15) is 24.5 Å². The summed E-state index contributed by atoms with van der Waals surface area (Å²) in [6, 6.07) is 5.82. The lowest BCUT2D eigenvalue weighted by Crippen LogP contribution is -2.37. The van der Waals surface area contributed by atoms with Crippen molar-refractivity contribution in [3.63, 3.8) is 0 Å². The second-order valence-electron chi connectivity index (χ2n) is 5.57. The van der Waals surface area contributed by atoms with Gasteiger partial charge in [0.2, 0.25) is 0 Å². The second-order valence-corrected chi connectivity index (χ2v) is 5.57. The summed E-state index contributed by atoms with van der Waals surface area (Å²) < 4.78 is 14.0. The molecule has 1 aromatic carbocycles. The Kier molecular flexibility index (Phi) is 4.91. The number of benzene rings is 1. The van der Waals surface area contributed by atoms with Crippen LogP contribution in [0.5, 0.6) is 0 Å². The van der Waals surface area contributed by atoms with Crippen LogP contribution in [0.2, 0.25) is 0 Å². The van der Waals surface area contributed by atoms with Gasteiger partial charge in [0.1, 0.15) is 5.82 Å². The second kappa shape index (κ2) is 6.46. The average Bonchev–Trinajstić information content (AvgIpc) is 2.53. The summed E-state index contributed by atoms with van der Waals surface area (Å²) in [5.74, 6) is -0.132. The van der Waals surface area contributed by atoms with Gasteiger partial charge in [0.25, 0.3) is 0 Å². The molecule has 2 rings (SSSR count). The van der Waals surface area contributed by atoms with Gasteiger partial charge in [-0.3, -0.25) is 4.90 Å². The van der Waals surface area contributed by atoms with E-state index in [1.807, 2.05) is 12.1 Å². The summed E-state index contributed by atoms with van der Waals surface area (Å²) >= 11 is 0. The van der Waals surface area contributed by atoms with Gasteiger partial charge in [0.05, 0.1) is 0 Å². The maximum absolute atomic E-state index is 14.0. The number of hydrogen-bond donors (Lipinski definition) is 1. The molecular weight excluding hydrogens is 241 g/mol. The molecular formula is C15H24FN3. The lowest BCUT2D eigenvalue weighted by molar-refractivity contribution is 0.192. The number of likely N-dealkylation sites (N-methyl/N-ethyl adjacent to an activating group) is 1. The van der Waals surface area contributed by atoms with Crippen molar-refractivity contribution in [1.29, 1.82) is 0 Å². The van der Waals surface area contributed by atoms with Gasteiger partial charge in [0, 0.05) is 37.8 Å². The maximum Gasteiger partial charge on any atom is 0.128 e. The van der Waals surface area contributed by atoms with E-state index in [0.29, 0.717) is 19.1 Å². The fourth-order valence-corrected chi connectivity index (χ4v) is 2.72. The minimum atomic E-state index is -0.132. The normalized spacial score (nSPS) is 22.4. The molecule has 3 nitrogen and oxygen atoms in total. The first kappa shape index (κ1) is 14.4. The van der Waals surface area contributed by atoms with E-state index in [2.05, 4.69) is 23.8 Å². The highest BCUT2D eigenvalue weighted by Crippen LogP contribution is 2.16. The predicted molar refractivity (Wildman–Crippen MR) is 76.3 cm³/mol. The van der Waals surface area contributed by atoms with E-state index in [4.69, 9.17) is 5.73 Å². The van der Waals surface area contributed by atoms with Gasteiger partial charge in [-0.25, -0.2) is 4.39 Å². The highest BCUT2D eigenvalue weighted by atomic mass is 19.1. The lowest BCUT2D eigenvalue weighted by atomic mass is 10.1. The Morgan fingerprint density at radius 2 is 2.16 bits per heavy atom. The Hall–Kier alpha value is -0.970. The van der Waals surface area contributed by atoms with Gasteiger partial charge in [-0.05, 0) is 38.6 Å². The number of rotatable bonds is 3. The topological polar surface area (TPSA) is 32.5 Å². The first-order chi connectivity index (χ1) is 9.10. The molecule has 1 heterocycles. The summed E-state index contributed by atoms with van der Waals surface area (Å²) in [6.07, 6.45) is 1.14. The molecule has 1 aliphatic heterocycles. The van der Waals surface area contributed by atoms with Crippen LogP contribution in [0.4, 0.5) is 4.39 Å². The van der Waals surface area contributed by atoms with Gasteiger partial charge in [-0.2, -0.15) is 0 Å². The summed E-state index contributed by atoms with van der Waals surface area (Å²) in [5, 5.41) is 0. The highest BCUT2D eigenvalue weighted by molar-refractivity contribution is 5.24. The molecule has 0 saturated carbocycles. The molecule has 0 radical (unpaired) electrons. The van der Waals surface area contributed by atoms with Crippen molar-refractivity contribution in [1.82, 2.24) is 9.80 Å². The Morgan fingerprint density at radius 1 is 1.37 bits per heavy atom. The lowest BCUT2D eigenvalue weighted by Gasteiger charge is -2.28. The minimum absolute atomic E-state index is 0.132. The molecule has 1 fully saturated rings. The Labute approximate surface area is 115 Å². The van der Waals surface area contributed by atoms with Gasteiger partial charge in [-0.15, -0.1) is 0 Å². The van der Waals surface area contributed by atoms with Crippen LogP contribution in [0.3, 0.4) is 0 Å². The summed E-state index contributed by atoms with van der Waals surface area (Å²) in [5.41, 5.74) is 7.15. The van der Waals surface area contributed by atoms with E-state index in [9.17, 15) is 4.39 Å². The zero-order valence-electron chi connectivity index (χ0n) is 11.9. The predicted octanol–water partition coefficient (Wildman–Crippen LogP) is 1.81. The smallest absolute Gasteiger partial charge is 0.128 e. The van der Waals surface area contributed by atoms with E-state index < -0.39 is 0 Å². The SMILES string of the molecule is CC1CN(C)CCCN1Cc1ccc(CN)cc1F. The van der Waals surface area contributed by atoms with Gasteiger partial charge < -0.3 is 10.6 Å². The Balaban J connectivity index is 2.07. The zero-order chi connectivity index (χ0) is 13.8. The highest BCUT2D eigenvalue weighted by Gasteiger charge is 2.20. The third-order valence-corrected chi connectivity index (χ3v) is 3.91. The van der Waals surface area contributed by atoms with E-state index in [1.54, 1.807) is 6.07 Å². The fourth-order valence-electron chi connectivity index (χ4n) is 2.72. The van der Waals surface area contributed by atoms with Crippen LogP contribution in [-0.2, 0) is 13.1 Å². The van der Waals surface area contributed by atoms with Crippen molar-refractivity contribution >= 4 is 0 Å². The van der Waals surface area contributed by atoms with Crippen LogP contribution >= 0.6 is 0 Å². The van der Waals surface area contributed by atoms with Gasteiger partial charge in [0.15, 0.2) is 0 Å². The molecule has 106 valence electrons. The molecule has 0 spiro atoms. The largest absolute Gasteiger partial charge is 0.326 e. The molecule has 19 heavy (non-hydrogen) atoms. The molecule has 1 atom stereocenters. The van der Waals surface area contributed by atoms with E-state index in [-0.39, 0.29) is 5.82 Å². The molecule has 1 unspecified atom stereocenters. The van der Waals surface area contributed by atoms with E-state index in [1.165, 1.54) is 0 Å². The number of nitrogens with two attached hydrogens (primary N) is 1. The van der Waals surface area contributed by atoms with Crippen LogP contribution < -0.4 is 5.73 Å². The molecule has 2 N–H and O–H groups in total. The molecule has 1 aliphatic rings. The van der Waals surface area contributed by atoms with Crippen molar-refractivity contribution < 1.29 is 4.39 Å². The molecule has 4 heteroatoms. The van der Waals surface area contributed by atoms with Gasteiger partial charge >= 0.3 is 0 Å². The van der Waals surface area contributed by atoms with Crippen molar-refractivity contribution in [2.45, 2.75) is 32.5 Å². The van der Waals surface area contributed by atoms with Crippen molar-refractivity contribution in [3.8, 4) is 0 Å². The zero-order valence-corrected chi connectivity index (χ0v) is 11.9. The molecule has 1 saturated heterocycles. The van der Waals surface area contributed by atoms with Gasteiger partial charge in [-0.1, -0.05) is 12.1 Å². The molecule has 0 amide bonds. The standard InChI is InChI=1S/C15H24FN3/c1-12-10-18(2)6-3-7-19(12)11-14-5-4-13(9-17)8-15(14)16/h4-5,8,12H,3,6-7,9-11,17H2,1-2H3. The van der Waals surface area contributed by atoms with Crippen LogP contribution in [0.15, 0.2) is 18.2 Å². The number of nitrogens with zero attached hydrogens (tertiary/aromatic N) is 2. The first-order valence-electron chi connectivity index (χ1n) is 7.00. The Bertz CT molecular complexity index is 422. The van der Waals surface area contributed by atoms with E-state index >= 15 is 0 Å². The molecule has 0 bridgehead atoms. The maximum atomic E-state index is 14.0. The molecule has 0 aromatic heterocycles. The van der Waals surface area contributed by atoms with Crippen molar-refractivity contribution in [3.05, 3.63) is 35.1 Å². The minimum Gasteiger partial charge on any atom is -0.326 e. The van der Waals surface area contributed by atoms with Crippen LogP contribution in [0.25, 0.3) is 0 Å². The molecule has 0 aliphatic carbocycles. The quantitative estimate of drug-likeness (QED) is 0.904. The third-order valence-electron chi connectivity index (χ3n) is 3.91. The first-order valence-corrected chi connectivity index (χ1v) is 7.00. The average molecular weight is 265 g/mol. The number of hydrogen-bond acceptors (Lipinski definition) is 3. The third kappa shape index (κ3) is 3.75.